The van der Waals surface area contributed by atoms with Crippen molar-refractivity contribution in [2.24, 2.45) is 0 Å². The molecule has 0 radical (unpaired) electrons. The van der Waals surface area contributed by atoms with Gasteiger partial charge in [-0.2, -0.15) is 0 Å². The Bertz CT molecular complexity index is 2680. The van der Waals surface area contributed by atoms with Gasteiger partial charge in [-0.15, -0.1) is 34.0 Å². The number of aromatic nitrogens is 2. The van der Waals surface area contributed by atoms with Crippen molar-refractivity contribution < 1.29 is 0 Å². The van der Waals surface area contributed by atoms with Crippen molar-refractivity contribution in [3.8, 4) is 21.8 Å². The molecule has 10 rings (SSSR count). The molecule has 0 fully saturated rings. The Kier molecular flexibility index (Phi) is 4.94. The molecule has 202 valence electrons. The molecular formula is C38H22N2S3. The molecular weight excluding hydrogens is 581 g/mol. The Morgan fingerprint density at radius 2 is 1.19 bits per heavy atom. The van der Waals surface area contributed by atoms with E-state index in [0.29, 0.717) is 0 Å². The first kappa shape index (κ1) is 23.8. The van der Waals surface area contributed by atoms with Crippen LogP contribution in [0.1, 0.15) is 0 Å². The summed E-state index contributed by atoms with van der Waals surface area (Å²) in [4.78, 5) is 1.30. The van der Waals surface area contributed by atoms with Crippen LogP contribution < -0.4 is 0 Å². The van der Waals surface area contributed by atoms with Gasteiger partial charge in [-0.25, -0.2) is 0 Å². The van der Waals surface area contributed by atoms with Gasteiger partial charge in [0.2, 0.25) is 0 Å². The highest BCUT2D eigenvalue weighted by atomic mass is 32.1. The van der Waals surface area contributed by atoms with Crippen LogP contribution in [0.4, 0.5) is 0 Å². The second-order valence-corrected chi connectivity index (χ2v) is 14.0. The third-order valence-corrected chi connectivity index (χ3v) is 12.0. The SMILES string of the molecule is c1ccc(-n2c3ccccc3c3cc(-c4cc5c(s4)c4sccc4n5-c4ccc5sc6ccccc6c5c4)ccc32)cc1. The lowest BCUT2D eigenvalue weighted by Gasteiger charge is -2.08. The Labute approximate surface area is 258 Å². The Morgan fingerprint density at radius 1 is 0.419 bits per heavy atom. The summed E-state index contributed by atoms with van der Waals surface area (Å²) in [7, 11) is 0. The molecule has 0 atom stereocenters. The maximum absolute atomic E-state index is 2.47. The normalized spacial score (nSPS) is 12.2. The molecule has 10 aromatic rings. The minimum Gasteiger partial charge on any atom is -0.309 e. The summed E-state index contributed by atoms with van der Waals surface area (Å²) >= 11 is 5.63. The van der Waals surface area contributed by atoms with Crippen LogP contribution in [-0.4, -0.2) is 9.13 Å². The fraction of sp³-hybridized carbons (Fsp3) is 0. The third-order valence-electron chi connectivity index (χ3n) is 8.63. The van der Waals surface area contributed by atoms with Gasteiger partial charge < -0.3 is 9.13 Å². The molecule has 5 aromatic carbocycles. The van der Waals surface area contributed by atoms with Crippen molar-refractivity contribution in [2.45, 2.75) is 0 Å². The number of rotatable bonds is 3. The van der Waals surface area contributed by atoms with Crippen LogP contribution in [0.3, 0.4) is 0 Å². The van der Waals surface area contributed by atoms with Crippen molar-refractivity contribution in [1.82, 2.24) is 9.13 Å². The van der Waals surface area contributed by atoms with Crippen molar-refractivity contribution >= 4 is 96.4 Å². The largest absolute Gasteiger partial charge is 0.309 e. The Hall–Kier alpha value is -4.68. The van der Waals surface area contributed by atoms with E-state index in [1.807, 2.05) is 34.0 Å². The van der Waals surface area contributed by atoms with Gasteiger partial charge in [0.1, 0.15) is 0 Å². The molecule has 0 saturated carbocycles. The zero-order valence-corrected chi connectivity index (χ0v) is 25.3. The first-order valence-corrected chi connectivity index (χ1v) is 16.9. The van der Waals surface area contributed by atoms with E-state index >= 15 is 0 Å². The monoisotopic (exact) mass is 602 g/mol. The molecule has 43 heavy (non-hydrogen) atoms. The van der Waals surface area contributed by atoms with E-state index in [4.69, 9.17) is 0 Å². The lowest BCUT2D eigenvalue weighted by Crippen LogP contribution is -1.92. The zero-order chi connectivity index (χ0) is 28.1. The average Bonchev–Trinajstić information content (AvgIpc) is 3.86. The maximum Gasteiger partial charge on any atom is 0.0711 e. The number of para-hydroxylation sites is 2. The summed E-state index contributed by atoms with van der Waals surface area (Å²) in [6, 6.07) is 46.8. The van der Waals surface area contributed by atoms with E-state index in [9.17, 15) is 0 Å². The minimum atomic E-state index is 1.19. The number of hydrogen-bond donors (Lipinski definition) is 0. The molecule has 5 aromatic heterocycles. The number of fused-ring (bicyclic) bond motifs is 9. The summed E-state index contributed by atoms with van der Waals surface area (Å²) in [5.41, 5.74) is 8.72. The van der Waals surface area contributed by atoms with Crippen LogP contribution in [0.25, 0.3) is 84.2 Å². The van der Waals surface area contributed by atoms with Crippen molar-refractivity contribution in [1.29, 1.82) is 0 Å². The molecule has 0 bridgehead atoms. The van der Waals surface area contributed by atoms with Crippen LogP contribution in [0.5, 0.6) is 0 Å². The highest BCUT2D eigenvalue weighted by molar-refractivity contribution is 7.28. The summed E-state index contributed by atoms with van der Waals surface area (Å²) in [5.74, 6) is 0. The predicted molar refractivity (Wildman–Crippen MR) is 189 cm³/mol. The van der Waals surface area contributed by atoms with Gasteiger partial charge in [-0.1, -0.05) is 60.7 Å². The second kappa shape index (κ2) is 8.91. The first-order valence-electron chi connectivity index (χ1n) is 14.3. The lowest BCUT2D eigenvalue weighted by atomic mass is 10.1. The quantitative estimate of drug-likeness (QED) is 0.190. The topological polar surface area (TPSA) is 9.86 Å². The molecule has 0 N–H and O–H groups in total. The van der Waals surface area contributed by atoms with E-state index in [-0.39, 0.29) is 0 Å². The average molecular weight is 603 g/mol. The molecule has 5 heterocycles. The van der Waals surface area contributed by atoms with Crippen molar-refractivity contribution in [2.75, 3.05) is 0 Å². The molecule has 0 saturated heterocycles. The van der Waals surface area contributed by atoms with E-state index in [1.165, 1.54) is 84.2 Å². The number of nitrogens with zero attached hydrogens (tertiary/aromatic N) is 2. The van der Waals surface area contributed by atoms with Crippen LogP contribution in [-0.2, 0) is 0 Å². The van der Waals surface area contributed by atoms with Gasteiger partial charge in [0, 0.05) is 47.2 Å². The highest BCUT2D eigenvalue weighted by Crippen LogP contribution is 2.45. The van der Waals surface area contributed by atoms with Crippen LogP contribution >= 0.6 is 34.0 Å². The standard InChI is InChI=1S/C38H22N2S3/c1-2-8-24(9-3-1)39-30-12-6-4-10-26(30)28-20-23(14-16-31(28)39)36-22-33-38(43-36)37-32(18-19-41-37)40(33)25-15-17-35-29(21-25)27-11-5-7-13-34(27)42-35/h1-22H. The summed E-state index contributed by atoms with van der Waals surface area (Å²) in [6.45, 7) is 0. The van der Waals surface area contributed by atoms with Crippen LogP contribution in [0.2, 0.25) is 0 Å². The number of thiophene rings is 3. The molecule has 0 unspecified atom stereocenters. The molecule has 0 aliphatic carbocycles. The van der Waals surface area contributed by atoms with E-state index in [2.05, 4.69) is 142 Å². The van der Waals surface area contributed by atoms with Gasteiger partial charge >= 0.3 is 0 Å². The zero-order valence-electron chi connectivity index (χ0n) is 22.8. The van der Waals surface area contributed by atoms with Crippen molar-refractivity contribution in [3.05, 3.63) is 133 Å². The van der Waals surface area contributed by atoms with E-state index in [0.717, 1.165) is 0 Å². The summed E-state index contributed by atoms with van der Waals surface area (Å²) < 4.78 is 10.3. The summed E-state index contributed by atoms with van der Waals surface area (Å²) in [6.07, 6.45) is 0. The second-order valence-electron chi connectivity index (χ2n) is 11.0. The molecule has 0 aliphatic rings. The molecule has 0 spiro atoms. The molecule has 2 nitrogen and oxygen atoms in total. The number of benzene rings is 5. The maximum atomic E-state index is 2.47. The van der Waals surface area contributed by atoms with Gasteiger partial charge in [0.25, 0.3) is 0 Å². The molecule has 0 amide bonds. The van der Waals surface area contributed by atoms with Crippen molar-refractivity contribution in [3.63, 3.8) is 0 Å². The first-order chi connectivity index (χ1) is 21.3. The smallest absolute Gasteiger partial charge is 0.0711 e. The fourth-order valence-corrected chi connectivity index (χ4v) is 10.0. The van der Waals surface area contributed by atoms with E-state index in [1.54, 1.807) is 0 Å². The lowest BCUT2D eigenvalue weighted by molar-refractivity contribution is 1.18. The van der Waals surface area contributed by atoms with Crippen LogP contribution in [0, 0.1) is 0 Å². The van der Waals surface area contributed by atoms with Gasteiger partial charge in [0.15, 0.2) is 0 Å². The van der Waals surface area contributed by atoms with Crippen LogP contribution in [0.15, 0.2) is 133 Å². The number of hydrogen-bond acceptors (Lipinski definition) is 3. The predicted octanol–water partition coefficient (Wildman–Crippen LogP) is 12.0. The Balaban J connectivity index is 1.19. The third kappa shape index (κ3) is 3.38. The van der Waals surface area contributed by atoms with Gasteiger partial charge in [0.05, 0.1) is 31.5 Å². The highest BCUT2D eigenvalue weighted by Gasteiger charge is 2.19. The minimum absolute atomic E-state index is 1.19. The molecule has 0 aliphatic heterocycles. The van der Waals surface area contributed by atoms with Gasteiger partial charge in [-0.3, -0.25) is 0 Å². The summed E-state index contributed by atoms with van der Waals surface area (Å²) in [5, 5.41) is 7.46. The fourth-order valence-electron chi connectivity index (χ4n) is 6.74. The van der Waals surface area contributed by atoms with E-state index < -0.39 is 0 Å². The Morgan fingerprint density at radius 3 is 2.12 bits per heavy atom. The molecule has 5 heteroatoms. The van der Waals surface area contributed by atoms with Gasteiger partial charge in [-0.05, 0) is 77.7 Å².